The van der Waals surface area contributed by atoms with Crippen molar-refractivity contribution in [1.82, 2.24) is 5.32 Å². The highest BCUT2D eigenvalue weighted by molar-refractivity contribution is 7.99. The van der Waals surface area contributed by atoms with E-state index in [-0.39, 0.29) is 0 Å². The number of nitrogens with one attached hydrogen (secondary N) is 1. The summed E-state index contributed by atoms with van der Waals surface area (Å²) in [5, 5.41) is 4.44. The zero-order valence-corrected chi connectivity index (χ0v) is 13.7. The van der Waals surface area contributed by atoms with E-state index in [0.717, 1.165) is 36.5 Å². The third-order valence-corrected chi connectivity index (χ3v) is 5.09. The van der Waals surface area contributed by atoms with E-state index < -0.39 is 0 Å². The number of halogens is 1. The van der Waals surface area contributed by atoms with Crippen molar-refractivity contribution >= 4 is 23.4 Å². The molecule has 1 atom stereocenters. The van der Waals surface area contributed by atoms with Gasteiger partial charge in [0.05, 0.1) is 0 Å². The summed E-state index contributed by atoms with van der Waals surface area (Å²) >= 11 is 7.93. The summed E-state index contributed by atoms with van der Waals surface area (Å²) in [6.07, 6.45) is 3.68. The Labute approximate surface area is 131 Å². The van der Waals surface area contributed by atoms with Crippen molar-refractivity contribution in [3.8, 4) is 0 Å². The molecule has 112 valence electrons. The Morgan fingerprint density at radius 1 is 1.40 bits per heavy atom. The fraction of sp³-hybridized carbons (Fsp3) is 0.625. The molecule has 0 aliphatic carbocycles. The van der Waals surface area contributed by atoms with Gasteiger partial charge in [-0.05, 0) is 49.9 Å². The summed E-state index contributed by atoms with van der Waals surface area (Å²) in [5.74, 6) is 1.92. The van der Waals surface area contributed by atoms with Gasteiger partial charge in [-0.2, -0.15) is 0 Å². The fourth-order valence-electron chi connectivity index (χ4n) is 2.64. The van der Waals surface area contributed by atoms with E-state index in [1.54, 1.807) is 0 Å². The van der Waals surface area contributed by atoms with Crippen molar-refractivity contribution in [2.45, 2.75) is 37.1 Å². The molecule has 1 fully saturated rings. The van der Waals surface area contributed by atoms with Crippen LogP contribution >= 0.6 is 23.4 Å². The van der Waals surface area contributed by atoms with E-state index in [2.05, 4.69) is 18.3 Å². The zero-order valence-electron chi connectivity index (χ0n) is 12.1. The molecule has 0 radical (unpaired) electrons. The van der Waals surface area contributed by atoms with Crippen molar-refractivity contribution in [2.75, 3.05) is 25.5 Å². The summed E-state index contributed by atoms with van der Waals surface area (Å²) in [5.41, 5.74) is 0. The Balaban J connectivity index is 1.81. The molecule has 1 N–H and O–H groups in total. The smallest absolute Gasteiger partial charge is 0.0468 e. The molecule has 1 aliphatic rings. The van der Waals surface area contributed by atoms with E-state index in [9.17, 15) is 0 Å². The Bertz CT molecular complexity index is 396. The highest BCUT2D eigenvalue weighted by Crippen LogP contribution is 2.26. The SMILES string of the molecule is CCNC(CSc1cccc(Cl)c1)CC1CCOCC1. The Morgan fingerprint density at radius 2 is 2.20 bits per heavy atom. The van der Waals surface area contributed by atoms with Gasteiger partial charge in [-0.3, -0.25) is 0 Å². The van der Waals surface area contributed by atoms with Gasteiger partial charge in [-0.15, -0.1) is 11.8 Å². The van der Waals surface area contributed by atoms with Crippen molar-refractivity contribution in [1.29, 1.82) is 0 Å². The third kappa shape index (κ3) is 5.65. The molecule has 1 unspecified atom stereocenters. The predicted molar refractivity (Wildman–Crippen MR) is 87.8 cm³/mol. The summed E-state index contributed by atoms with van der Waals surface area (Å²) in [6.45, 7) is 5.08. The minimum absolute atomic E-state index is 0.576. The Hall–Kier alpha value is -0.220. The van der Waals surface area contributed by atoms with Gasteiger partial charge in [-0.25, -0.2) is 0 Å². The highest BCUT2D eigenvalue weighted by atomic mass is 35.5. The number of ether oxygens (including phenoxy) is 1. The molecule has 4 heteroatoms. The second-order valence-electron chi connectivity index (χ2n) is 5.31. The average Bonchev–Trinajstić information content (AvgIpc) is 2.46. The molecule has 0 bridgehead atoms. The van der Waals surface area contributed by atoms with Crippen LogP contribution in [0.25, 0.3) is 0 Å². The van der Waals surface area contributed by atoms with Crippen molar-refractivity contribution in [3.63, 3.8) is 0 Å². The third-order valence-electron chi connectivity index (χ3n) is 3.70. The molecule has 0 saturated carbocycles. The number of hydrogen-bond donors (Lipinski definition) is 1. The fourth-order valence-corrected chi connectivity index (χ4v) is 3.92. The molecule has 2 rings (SSSR count). The lowest BCUT2D eigenvalue weighted by molar-refractivity contribution is 0.0614. The van der Waals surface area contributed by atoms with Gasteiger partial charge in [0.1, 0.15) is 0 Å². The van der Waals surface area contributed by atoms with Crippen LogP contribution in [-0.2, 0) is 4.74 Å². The molecule has 1 aromatic carbocycles. The first kappa shape index (κ1) is 16.2. The van der Waals surface area contributed by atoms with Gasteiger partial charge in [0, 0.05) is 34.9 Å². The Kier molecular flexibility index (Phi) is 7.22. The molecule has 1 aromatic rings. The van der Waals surface area contributed by atoms with Gasteiger partial charge in [0.2, 0.25) is 0 Å². The van der Waals surface area contributed by atoms with Gasteiger partial charge in [0.25, 0.3) is 0 Å². The van der Waals surface area contributed by atoms with Crippen LogP contribution in [0, 0.1) is 5.92 Å². The molecule has 1 saturated heterocycles. The molecule has 0 spiro atoms. The van der Waals surface area contributed by atoms with E-state index in [0.29, 0.717) is 6.04 Å². The number of thioether (sulfide) groups is 1. The van der Waals surface area contributed by atoms with E-state index in [1.807, 2.05) is 30.0 Å². The first-order chi connectivity index (χ1) is 9.78. The standard InChI is InChI=1S/C16H24ClNOS/c1-2-18-15(10-13-6-8-19-9-7-13)12-20-16-5-3-4-14(17)11-16/h3-5,11,13,15,18H,2,6-10,12H2,1H3. The van der Waals surface area contributed by atoms with Crippen LogP contribution in [0.3, 0.4) is 0 Å². The van der Waals surface area contributed by atoms with Crippen LogP contribution in [0.2, 0.25) is 5.02 Å². The monoisotopic (exact) mass is 313 g/mol. The zero-order chi connectivity index (χ0) is 14.2. The number of rotatable bonds is 7. The van der Waals surface area contributed by atoms with Crippen molar-refractivity contribution < 1.29 is 4.74 Å². The minimum Gasteiger partial charge on any atom is -0.381 e. The lowest BCUT2D eigenvalue weighted by Gasteiger charge is -2.27. The number of hydrogen-bond acceptors (Lipinski definition) is 3. The van der Waals surface area contributed by atoms with E-state index >= 15 is 0 Å². The average molecular weight is 314 g/mol. The lowest BCUT2D eigenvalue weighted by Crippen LogP contribution is -2.34. The molecule has 1 heterocycles. The maximum absolute atomic E-state index is 6.03. The second kappa shape index (κ2) is 8.93. The van der Waals surface area contributed by atoms with Crippen LogP contribution in [0.1, 0.15) is 26.2 Å². The van der Waals surface area contributed by atoms with E-state index in [1.165, 1.54) is 24.2 Å². The first-order valence-electron chi connectivity index (χ1n) is 7.47. The van der Waals surface area contributed by atoms with Crippen molar-refractivity contribution in [2.24, 2.45) is 5.92 Å². The molecular weight excluding hydrogens is 290 g/mol. The van der Waals surface area contributed by atoms with Crippen LogP contribution in [0.5, 0.6) is 0 Å². The summed E-state index contributed by atoms with van der Waals surface area (Å²) < 4.78 is 5.44. The van der Waals surface area contributed by atoms with Gasteiger partial charge < -0.3 is 10.1 Å². The molecule has 2 nitrogen and oxygen atoms in total. The predicted octanol–water partition coefficient (Wildman–Crippen LogP) is 4.23. The van der Waals surface area contributed by atoms with Crippen LogP contribution in [-0.4, -0.2) is 31.6 Å². The second-order valence-corrected chi connectivity index (χ2v) is 6.84. The number of benzene rings is 1. The topological polar surface area (TPSA) is 21.3 Å². The highest BCUT2D eigenvalue weighted by Gasteiger charge is 2.19. The quantitative estimate of drug-likeness (QED) is 0.761. The molecule has 20 heavy (non-hydrogen) atoms. The van der Waals surface area contributed by atoms with Gasteiger partial charge in [-0.1, -0.05) is 24.6 Å². The lowest BCUT2D eigenvalue weighted by atomic mass is 9.93. The summed E-state index contributed by atoms with van der Waals surface area (Å²) in [4.78, 5) is 1.26. The molecule has 0 amide bonds. The normalized spacial score (nSPS) is 18.1. The van der Waals surface area contributed by atoms with Crippen LogP contribution in [0.15, 0.2) is 29.2 Å². The van der Waals surface area contributed by atoms with Gasteiger partial charge >= 0.3 is 0 Å². The van der Waals surface area contributed by atoms with Crippen molar-refractivity contribution in [3.05, 3.63) is 29.3 Å². The maximum Gasteiger partial charge on any atom is 0.0468 e. The molecule has 1 aliphatic heterocycles. The van der Waals surface area contributed by atoms with Crippen LogP contribution in [0.4, 0.5) is 0 Å². The minimum atomic E-state index is 0.576. The summed E-state index contributed by atoms with van der Waals surface area (Å²) in [7, 11) is 0. The van der Waals surface area contributed by atoms with Crippen LogP contribution < -0.4 is 5.32 Å². The summed E-state index contributed by atoms with van der Waals surface area (Å²) in [6, 6.07) is 8.70. The Morgan fingerprint density at radius 3 is 2.90 bits per heavy atom. The van der Waals surface area contributed by atoms with Gasteiger partial charge in [0.15, 0.2) is 0 Å². The molecular formula is C16H24ClNOS. The maximum atomic E-state index is 6.03. The molecule has 0 aromatic heterocycles. The largest absolute Gasteiger partial charge is 0.381 e. The van der Waals surface area contributed by atoms with E-state index in [4.69, 9.17) is 16.3 Å². The first-order valence-corrected chi connectivity index (χ1v) is 8.83.